The lowest BCUT2D eigenvalue weighted by atomic mass is 10.1. The number of carbonyl (C=O) groups is 1. The Labute approximate surface area is 105 Å². The van der Waals surface area contributed by atoms with Gasteiger partial charge in [0, 0.05) is 5.56 Å². The van der Waals surface area contributed by atoms with Crippen LogP contribution in [-0.4, -0.2) is 11.0 Å². The highest BCUT2D eigenvalue weighted by molar-refractivity contribution is 5.92. The maximum atomic E-state index is 11.0. The zero-order valence-electron chi connectivity index (χ0n) is 9.67. The molecule has 4 heteroatoms. The number of carbonyl (C=O) groups excluding carboxylic acids is 1. The molecule has 0 aromatic heterocycles. The van der Waals surface area contributed by atoms with E-state index in [1.165, 1.54) is 0 Å². The molecule has 0 spiro atoms. The number of phenolic OH excluding ortho intramolecular Hbond substituents is 1. The summed E-state index contributed by atoms with van der Waals surface area (Å²) >= 11 is 0. The molecule has 1 amide bonds. The molecule has 0 heterocycles. The highest BCUT2D eigenvalue weighted by atomic mass is 16.5. The second kappa shape index (κ2) is 5.23. The monoisotopic (exact) mass is 243 g/mol. The Kier molecular flexibility index (Phi) is 3.48. The third-order valence-corrected chi connectivity index (χ3v) is 2.45. The maximum absolute atomic E-state index is 11.0. The molecule has 0 radical (unpaired) electrons. The lowest BCUT2D eigenvalue weighted by molar-refractivity contribution is 0.1000. The van der Waals surface area contributed by atoms with E-state index in [0.717, 1.165) is 5.56 Å². The fraction of sp³-hybridized carbons (Fsp3) is 0.0714. The maximum Gasteiger partial charge on any atom is 0.248 e. The second-order valence-corrected chi connectivity index (χ2v) is 3.85. The van der Waals surface area contributed by atoms with E-state index in [1.807, 2.05) is 6.07 Å². The lowest BCUT2D eigenvalue weighted by Gasteiger charge is -2.07. The summed E-state index contributed by atoms with van der Waals surface area (Å²) in [5, 5.41) is 9.13. The number of amides is 1. The van der Waals surface area contributed by atoms with E-state index in [2.05, 4.69) is 0 Å². The van der Waals surface area contributed by atoms with Crippen molar-refractivity contribution in [3.05, 3.63) is 59.7 Å². The van der Waals surface area contributed by atoms with Gasteiger partial charge >= 0.3 is 0 Å². The summed E-state index contributed by atoms with van der Waals surface area (Å²) in [4.78, 5) is 11.0. The van der Waals surface area contributed by atoms with Crippen LogP contribution in [0.15, 0.2) is 48.5 Å². The summed E-state index contributed by atoms with van der Waals surface area (Å²) in [7, 11) is 0. The molecule has 0 aliphatic carbocycles. The number of primary amides is 1. The first-order chi connectivity index (χ1) is 8.65. The first kappa shape index (κ1) is 12.0. The van der Waals surface area contributed by atoms with Crippen molar-refractivity contribution in [3.63, 3.8) is 0 Å². The topological polar surface area (TPSA) is 72.6 Å². The van der Waals surface area contributed by atoms with E-state index in [1.54, 1.807) is 42.5 Å². The van der Waals surface area contributed by atoms with Gasteiger partial charge in [-0.05, 0) is 42.0 Å². The van der Waals surface area contributed by atoms with Crippen molar-refractivity contribution in [3.8, 4) is 11.5 Å². The molecule has 0 fully saturated rings. The van der Waals surface area contributed by atoms with Gasteiger partial charge < -0.3 is 15.6 Å². The van der Waals surface area contributed by atoms with Gasteiger partial charge in [-0.2, -0.15) is 0 Å². The molecule has 0 saturated heterocycles. The number of ether oxygens (including phenoxy) is 1. The van der Waals surface area contributed by atoms with E-state index >= 15 is 0 Å². The quantitative estimate of drug-likeness (QED) is 0.863. The fourth-order valence-electron chi connectivity index (χ4n) is 1.52. The van der Waals surface area contributed by atoms with E-state index in [-0.39, 0.29) is 5.75 Å². The van der Waals surface area contributed by atoms with Crippen LogP contribution in [0.2, 0.25) is 0 Å². The Morgan fingerprint density at radius 1 is 1.17 bits per heavy atom. The molecule has 2 rings (SSSR count). The number of hydrogen-bond donors (Lipinski definition) is 2. The van der Waals surface area contributed by atoms with Gasteiger partial charge in [0.25, 0.3) is 0 Å². The van der Waals surface area contributed by atoms with Gasteiger partial charge in [0.05, 0.1) is 0 Å². The molecular weight excluding hydrogens is 230 g/mol. The predicted molar refractivity (Wildman–Crippen MR) is 67.4 cm³/mol. The molecule has 0 atom stereocenters. The van der Waals surface area contributed by atoms with Gasteiger partial charge in [-0.15, -0.1) is 0 Å². The Bertz CT molecular complexity index is 549. The Hall–Kier alpha value is -2.49. The van der Waals surface area contributed by atoms with Crippen LogP contribution in [0.4, 0.5) is 0 Å². The van der Waals surface area contributed by atoms with Crippen LogP contribution < -0.4 is 10.5 Å². The zero-order chi connectivity index (χ0) is 13.0. The molecule has 2 aromatic rings. The van der Waals surface area contributed by atoms with Gasteiger partial charge in [-0.25, -0.2) is 0 Å². The van der Waals surface area contributed by atoms with E-state index in [9.17, 15) is 4.79 Å². The lowest BCUT2D eigenvalue weighted by Crippen LogP contribution is -2.11. The molecule has 0 bridgehead atoms. The molecule has 92 valence electrons. The van der Waals surface area contributed by atoms with E-state index < -0.39 is 5.91 Å². The number of rotatable bonds is 4. The standard InChI is InChI=1S/C14H13NO3/c15-14(17)11-3-1-2-10(8-11)9-18-13-6-4-12(16)5-7-13/h1-8,16H,9H2,(H2,15,17). The van der Waals surface area contributed by atoms with Crippen molar-refractivity contribution in [1.29, 1.82) is 0 Å². The number of benzene rings is 2. The smallest absolute Gasteiger partial charge is 0.248 e. The predicted octanol–water partition coefficient (Wildman–Crippen LogP) is 2.07. The molecule has 0 unspecified atom stereocenters. The van der Waals surface area contributed by atoms with Crippen molar-refractivity contribution < 1.29 is 14.6 Å². The SMILES string of the molecule is NC(=O)c1cccc(COc2ccc(O)cc2)c1. The number of nitrogens with two attached hydrogens (primary N) is 1. The van der Waals surface area contributed by atoms with Gasteiger partial charge in [-0.3, -0.25) is 4.79 Å². The molecule has 0 aliphatic heterocycles. The second-order valence-electron chi connectivity index (χ2n) is 3.85. The summed E-state index contributed by atoms with van der Waals surface area (Å²) in [6.45, 7) is 0.339. The number of aromatic hydroxyl groups is 1. The van der Waals surface area contributed by atoms with Gasteiger partial charge in [0.2, 0.25) is 5.91 Å². The summed E-state index contributed by atoms with van der Waals surface area (Å²) in [5.74, 6) is 0.386. The van der Waals surface area contributed by atoms with Crippen molar-refractivity contribution in [2.24, 2.45) is 5.73 Å². The van der Waals surface area contributed by atoms with Crippen LogP contribution in [0, 0.1) is 0 Å². The largest absolute Gasteiger partial charge is 0.508 e. The average molecular weight is 243 g/mol. The Morgan fingerprint density at radius 2 is 1.89 bits per heavy atom. The van der Waals surface area contributed by atoms with Crippen LogP contribution >= 0.6 is 0 Å². The normalized spacial score (nSPS) is 10.0. The van der Waals surface area contributed by atoms with Crippen molar-refractivity contribution in [1.82, 2.24) is 0 Å². The minimum Gasteiger partial charge on any atom is -0.508 e. The third kappa shape index (κ3) is 3.01. The molecular formula is C14H13NO3. The minimum absolute atomic E-state index is 0.193. The van der Waals surface area contributed by atoms with Gasteiger partial charge in [0.15, 0.2) is 0 Å². The minimum atomic E-state index is -0.457. The fourth-order valence-corrected chi connectivity index (χ4v) is 1.52. The Balaban J connectivity index is 2.04. The molecule has 18 heavy (non-hydrogen) atoms. The van der Waals surface area contributed by atoms with E-state index in [0.29, 0.717) is 17.9 Å². The molecule has 2 aromatic carbocycles. The highest BCUT2D eigenvalue weighted by Crippen LogP contribution is 2.17. The van der Waals surface area contributed by atoms with Crippen LogP contribution in [0.5, 0.6) is 11.5 Å². The van der Waals surface area contributed by atoms with Crippen molar-refractivity contribution in [2.75, 3.05) is 0 Å². The summed E-state index contributed by atoms with van der Waals surface area (Å²) in [6, 6.07) is 13.4. The average Bonchev–Trinajstić information content (AvgIpc) is 2.38. The summed E-state index contributed by atoms with van der Waals surface area (Å²) in [6.07, 6.45) is 0. The molecule has 4 nitrogen and oxygen atoms in total. The first-order valence-electron chi connectivity index (χ1n) is 5.46. The van der Waals surface area contributed by atoms with Gasteiger partial charge in [0.1, 0.15) is 18.1 Å². The number of hydrogen-bond acceptors (Lipinski definition) is 3. The Morgan fingerprint density at radius 3 is 2.56 bits per heavy atom. The molecule has 0 saturated carbocycles. The van der Waals surface area contributed by atoms with Gasteiger partial charge in [-0.1, -0.05) is 12.1 Å². The molecule has 3 N–H and O–H groups in total. The highest BCUT2D eigenvalue weighted by Gasteiger charge is 2.02. The zero-order valence-corrected chi connectivity index (χ0v) is 9.67. The van der Waals surface area contributed by atoms with Crippen molar-refractivity contribution in [2.45, 2.75) is 6.61 Å². The van der Waals surface area contributed by atoms with Crippen molar-refractivity contribution >= 4 is 5.91 Å². The van der Waals surface area contributed by atoms with Crippen LogP contribution in [0.3, 0.4) is 0 Å². The van der Waals surface area contributed by atoms with Crippen LogP contribution in [-0.2, 0) is 6.61 Å². The van der Waals surface area contributed by atoms with Crippen LogP contribution in [0.25, 0.3) is 0 Å². The third-order valence-electron chi connectivity index (χ3n) is 2.45. The summed E-state index contributed by atoms with van der Waals surface area (Å²) in [5.41, 5.74) is 6.52. The molecule has 0 aliphatic rings. The van der Waals surface area contributed by atoms with E-state index in [4.69, 9.17) is 15.6 Å². The van der Waals surface area contributed by atoms with Crippen LogP contribution in [0.1, 0.15) is 15.9 Å². The summed E-state index contributed by atoms with van der Waals surface area (Å²) < 4.78 is 5.52. The first-order valence-corrected chi connectivity index (χ1v) is 5.46. The number of phenols is 1.